The quantitative estimate of drug-likeness (QED) is 0.0980. The maximum absolute atomic E-state index is 13.1. The van der Waals surface area contributed by atoms with Crippen LogP contribution in [0.1, 0.15) is 36.8 Å². The summed E-state index contributed by atoms with van der Waals surface area (Å²) in [4.78, 5) is 60.6. The molecule has 0 radical (unpaired) electrons. The molecule has 0 saturated heterocycles. The average Bonchev–Trinajstić information content (AvgIpc) is 3.93. The number of aromatic nitrogens is 2. The molecule has 2 amide bonds. The zero-order valence-corrected chi connectivity index (χ0v) is 35.0. The first-order valence-corrected chi connectivity index (χ1v) is 20.9. The van der Waals surface area contributed by atoms with Gasteiger partial charge in [-0.2, -0.15) is 0 Å². The van der Waals surface area contributed by atoms with Crippen LogP contribution in [-0.4, -0.2) is 58.0 Å². The number of rotatable bonds is 16. The fourth-order valence-corrected chi connectivity index (χ4v) is 8.23. The first-order valence-electron chi connectivity index (χ1n) is 18.4. The molecule has 58 heavy (non-hydrogen) atoms. The second-order valence-electron chi connectivity index (χ2n) is 13.4. The van der Waals surface area contributed by atoms with Crippen LogP contribution in [0.3, 0.4) is 0 Å². The summed E-state index contributed by atoms with van der Waals surface area (Å²) in [5, 5.41) is 24.2. The number of aliphatic carboxylic acids is 2. The van der Waals surface area contributed by atoms with Crippen LogP contribution in [0.25, 0.3) is 22.5 Å². The third kappa shape index (κ3) is 12.3. The summed E-state index contributed by atoms with van der Waals surface area (Å²) in [6.07, 6.45) is 1.41. The summed E-state index contributed by atoms with van der Waals surface area (Å²) < 4.78 is 0. The number of carbonyl (C=O) groups excluding carboxylic acids is 2. The number of carboxylic acids is 2. The number of thiazole rings is 2. The van der Waals surface area contributed by atoms with E-state index in [9.17, 15) is 19.2 Å². The average molecular weight is 858 g/mol. The van der Waals surface area contributed by atoms with Gasteiger partial charge in [-0.05, 0) is 48.9 Å². The molecule has 6 rings (SSSR count). The van der Waals surface area contributed by atoms with Crippen LogP contribution in [0.4, 0.5) is 10.3 Å². The van der Waals surface area contributed by atoms with E-state index in [-0.39, 0.29) is 37.5 Å². The van der Waals surface area contributed by atoms with Crippen molar-refractivity contribution in [1.29, 1.82) is 0 Å². The van der Waals surface area contributed by atoms with E-state index in [0.29, 0.717) is 44.5 Å². The maximum atomic E-state index is 13.1. The first kappa shape index (κ1) is 43.7. The molecule has 6 aromatic rings. The Morgan fingerprint density at radius 1 is 0.569 bits per heavy atom. The summed E-state index contributed by atoms with van der Waals surface area (Å²) in [5.74, 6) is -2.98. The fraction of sp³-hybridized carbons (Fsp3) is 0.227. The van der Waals surface area contributed by atoms with E-state index in [4.69, 9.17) is 33.4 Å². The second-order valence-corrected chi connectivity index (χ2v) is 15.9. The lowest BCUT2D eigenvalue weighted by atomic mass is 9.93. The first-order chi connectivity index (χ1) is 27.9. The van der Waals surface area contributed by atoms with Crippen LogP contribution >= 0.6 is 45.9 Å². The predicted octanol–water partition coefficient (Wildman–Crippen LogP) is 10.3. The van der Waals surface area contributed by atoms with Crippen LogP contribution in [0.5, 0.6) is 0 Å². The van der Waals surface area contributed by atoms with Gasteiger partial charge in [0.05, 0.1) is 11.4 Å². The molecular formula is C44H42Cl2N4O6S2. The zero-order chi connectivity index (χ0) is 41.6. The SMILES string of the molecule is CN(C(=O)[C@@H](CCC(=O)O)Cc1ccccc1)c1nc(-c2ccccc2Cl)cs1.CN(C(=O)[C@H](CCC(=O)O)Cc1ccccc1)c1nc(-c2ccccc2Cl)cs1. The molecule has 0 saturated carbocycles. The van der Waals surface area contributed by atoms with E-state index < -0.39 is 23.8 Å². The lowest BCUT2D eigenvalue weighted by Crippen LogP contribution is -2.34. The van der Waals surface area contributed by atoms with E-state index in [1.807, 2.05) is 108 Å². The summed E-state index contributed by atoms with van der Waals surface area (Å²) in [7, 11) is 3.35. The van der Waals surface area contributed by atoms with Crippen molar-refractivity contribution in [3.05, 3.63) is 141 Å². The Kier molecular flexibility index (Phi) is 16.1. The van der Waals surface area contributed by atoms with Crippen LogP contribution in [0.2, 0.25) is 10.0 Å². The van der Waals surface area contributed by atoms with Gasteiger partial charge in [-0.15, -0.1) is 22.7 Å². The standard InChI is InChI=1S/2C22H21ClN2O3S/c2*1-25(22-24-19(14-29-22)17-9-5-6-10-18(17)23)21(28)16(11-12-20(26)27)13-15-7-3-2-4-8-15/h2*2-10,14,16H,11-13H2,1H3,(H,26,27)/t2*16-/m10/s1. The highest BCUT2D eigenvalue weighted by Crippen LogP contribution is 2.34. The van der Waals surface area contributed by atoms with Gasteiger partial charge in [-0.1, -0.05) is 120 Å². The molecular weight excluding hydrogens is 816 g/mol. The molecule has 0 spiro atoms. The van der Waals surface area contributed by atoms with Crippen LogP contribution in [-0.2, 0) is 32.0 Å². The molecule has 14 heteroatoms. The van der Waals surface area contributed by atoms with Gasteiger partial charge < -0.3 is 10.2 Å². The number of carboxylic acid groups (broad SMARTS) is 2. The minimum absolute atomic E-state index is 0.0557. The van der Waals surface area contributed by atoms with E-state index >= 15 is 0 Å². The number of carbonyl (C=O) groups is 4. The second kappa shape index (κ2) is 21.4. The molecule has 0 aliphatic heterocycles. The van der Waals surface area contributed by atoms with Crippen LogP contribution < -0.4 is 9.80 Å². The number of benzene rings is 4. The summed E-state index contributed by atoms with van der Waals surface area (Å²) >= 11 is 15.2. The smallest absolute Gasteiger partial charge is 0.303 e. The lowest BCUT2D eigenvalue weighted by Gasteiger charge is -2.21. The van der Waals surface area contributed by atoms with E-state index in [1.165, 1.54) is 32.5 Å². The zero-order valence-electron chi connectivity index (χ0n) is 31.8. The van der Waals surface area contributed by atoms with Crippen molar-refractivity contribution < 1.29 is 29.4 Å². The largest absolute Gasteiger partial charge is 0.481 e. The highest BCUT2D eigenvalue weighted by molar-refractivity contribution is 7.14. The Labute approximate surface area is 355 Å². The minimum atomic E-state index is -0.909. The summed E-state index contributed by atoms with van der Waals surface area (Å²) in [6, 6.07) is 34.1. The Balaban J connectivity index is 0.000000221. The highest BCUT2D eigenvalue weighted by atomic mass is 35.5. The predicted molar refractivity (Wildman–Crippen MR) is 233 cm³/mol. The number of halogens is 2. The molecule has 0 aliphatic rings. The van der Waals surface area contributed by atoms with Crippen molar-refractivity contribution in [1.82, 2.24) is 9.97 Å². The lowest BCUT2D eigenvalue weighted by molar-refractivity contribution is -0.138. The number of anilines is 2. The van der Waals surface area contributed by atoms with Gasteiger partial charge in [0.25, 0.3) is 0 Å². The van der Waals surface area contributed by atoms with E-state index in [0.717, 1.165) is 22.3 Å². The normalized spacial score (nSPS) is 11.8. The Morgan fingerprint density at radius 2 is 0.914 bits per heavy atom. The van der Waals surface area contributed by atoms with Crippen molar-refractivity contribution in [3.8, 4) is 22.5 Å². The molecule has 0 unspecified atom stereocenters. The topological polar surface area (TPSA) is 141 Å². The van der Waals surface area contributed by atoms with E-state index in [2.05, 4.69) is 9.97 Å². The van der Waals surface area contributed by atoms with Gasteiger partial charge in [0.1, 0.15) is 0 Å². The Bertz CT molecular complexity index is 2140. The van der Waals surface area contributed by atoms with Gasteiger partial charge in [0.2, 0.25) is 11.8 Å². The van der Waals surface area contributed by atoms with Crippen molar-refractivity contribution in [2.24, 2.45) is 11.8 Å². The highest BCUT2D eigenvalue weighted by Gasteiger charge is 2.27. The molecule has 0 fully saturated rings. The van der Waals surface area contributed by atoms with Crippen molar-refractivity contribution in [2.75, 3.05) is 23.9 Å². The van der Waals surface area contributed by atoms with Gasteiger partial charge in [-0.3, -0.25) is 29.0 Å². The van der Waals surface area contributed by atoms with E-state index in [1.54, 1.807) is 26.2 Å². The molecule has 4 aromatic carbocycles. The Hall–Kier alpha value is -5.40. The number of hydrogen-bond acceptors (Lipinski definition) is 8. The van der Waals surface area contributed by atoms with Crippen molar-refractivity contribution >= 4 is 79.9 Å². The minimum Gasteiger partial charge on any atom is -0.481 e. The van der Waals surface area contributed by atoms with Gasteiger partial charge in [0.15, 0.2) is 10.3 Å². The number of nitrogens with zero attached hydrogens (tertiary/aromatic N) is 4. The van der Waals surface area contributed by atoms with Crippen molar-refractivity contribution in [3.63, 3.8) is 0 Å². The molecule has 2 aromatic heterocycles. The van der Waals surface area contributed by atoms with Gasteiger partial charge in [0, 0.05) is 70.7 Å². The molecule has 300 valence electrons. The monoisotopic (exact) mass is 856 g/mol. The molecule has 2 N–H and O–H groups in total. The molecule has 2 atom stereocenters. The number of amides is 2. The third-order valence-electron chi connectivity index (χ3n) is 9.28. The molecule has 2 heterocycles. The van der Waals surface area contributed by atoms with Crippen molar-refractivity contribution in [2.45, 2.75) is 38.5 Å². The maximum Gasteiger partial charge on any atom is 0.303 e. The van der Waals surface area contributed by atoms with Gasteiger partial charge >= 0.3 is 11.9 Å². The summed E-state index contributed by atoms with van der Waals surface area (Å²) in [5.41, 5.74) is 5.04. The third-order valence-corrected chi connectivity index (χ3v) is 11.8. The number of hydrogen-bond donors (Lipinski definition) is 2. The fourth-order valence-electron chi connectivity index (χ4n) is 6.18. The van der Waals surface area contributed by atoms with Gasteiger partial charge in [-0.25, -0.2) is 9.97 Å². The molecule has 0 aliphatic carbocycles. The molecule has 0 bridgehead atoms. The summed E-state index contributed by atoms with van der Waals surface area (Å²) in [6.45, 7) is 0. The van der Waals surface area contributed by atoms with Crippen LogP contribution in [0, 0.1) is 11.8 Å². The molecule has 10 nitrogen and oxygen atoms in total. The van der Waals surface area contributed by atoms with Crippen LogP contribution in [0.15, 0.2) is 120 Å². The Morgan fingerprint density at radius 3 is 1.26 bits per heavy atom.